The molecule has 0 aromatic heterocycles. The van der Waals surface area contributed by atoms with E-state index in [0.717, 1.165) is 30.0 Å². The van der Waals surface area contributed by atoms with Crippen LogP contribution in [0.2, 0.25) is 0 Å². The third-order valence-corrected chi connectivity index (χ3v) is 4.12. The van der Waals surface area contributed by atoms with Crippen LogP contribution in [0.4, 0.5) is 11.4 Å². The van der Waals surface area contributed by atoms with Crippen molar-refractivity contribution in [1.82, 2.24) is 0 Å². The number of carboxylic acids is 1. The summed E-state index contributed by atoms with van der Waals surface area (Å²) >= 11 is 1.01. The van der Waals surface area contributed by atoms with E-state index in [-0.39, 0.29) is 46.2 Å². The lowest BCUT2D eigenvalue weighted by Crippen LogP contribution is -2.27. The van der Waals surface area contributed by atoms with Gasteiger partial charge in [-0.2, -0.15) is 0 Å². The van der Waals surface area contributed by atoms with E-state index >= 15 is 0 Å². The lowest BCUT2D eigenvalue weighted by Gasteiger charge is -2.18. The summed E-state index contributed by atoms with van der Waals surface area (Å²) in [6.07, 6.45) is 0.0893. The first-order chi connectivity index (χ1) is 10.3. The summed E-state index contributed by atoms with van der Waals surface area (Å²) < 4.78 is 0. The summed E-state index contributed by atoms with van der Waals surface area (Å²) in [7, 11) is 0. The van der Waals surface area contributed by atoms with Crippen molar-refractivity contribution < 1.29 is 24.4 Å². The molecule has 1 aromatic carbocycles. The molecule has 1 amide bonds. The summed E-state index contributed by atoms with van der Waals surface area (Å²) in [6, 6.07) is 3.26. The maximum Gasteiger partial charge on any atom is 0.337 e. The largest absolute Gasteiger partial charge is 0.478 e. The van der Waals surface area contributed by atoms with Crippen molar-refractivity contribution in [1.29, 1.82) is 0 Å². The quantitative estimate of drug-likeness (QED) is 0.661. The van der Waals surface area contributed by atoms with E-state index in [4.69, 9.17) is 0 Å². The molecule has 1 aromatic rings. The van der Waals surface area contributed by atoms with Crippen LogP contribution in [0, 0.1) is 10.1 Å². The molecule has 0 saturated carbocycles. The number of rotatable bonds is 4. The molecular weight excluding hydrogens is 312 g/mol. The van der Waals surface area contributed by atoms with E-state index in [9.17, 15) is 29.6 Å². The Labute approximate surface area is 129 Å². The molecule has 0 aliphatic carbocycles. The Bertz CT molecular complexity index is 674. The minimum atomic E-state index is -1.28. The summed E-state index contributed by atoms with van der Waals surface area (Å²) in [5.41, 5.74) is -0.499. The lowest BCUT2D eigenvalue weighted by atomic mass is 10.1. The Morgan fingerprint density at radius 2 is 2.14 bits per heavy atom. The van der Waals surface area contributed by atoms with E-state index in [1.54, 1.807) is 0 Å². The SMILES string of the molecule is CC(=O)SC1CC(=O)N(c2cc([N+](=O)[O-])ccc2C(=O)O)C1. The molecule has 9 heteroatoms. The molecule has 1 aliphatic rings. The van der Waals surface area contributed by atoms with Crippen molar-refractivity contribution in [3.05, 3.63) is 33.9 Å². The predicted octanol–water partition coefficient (Wildman–Crippen LogP) is 1.68. The number of non-ortho nitro benzene ring substituents is 1. The summed E-state index contributed by atoms with van der Waals surface area (Å²) in [4.78, 5) is 45.8. The van der Waals surface area contributed by atoms with Crippen molar-refractivity contribution in [2.24, 2.45) is 0 Å². The highest BCUT2D eigenvalue weighted by Gasteiger charge is 2.34. The van der Waals surface area contributed by atoms with Gasteiger partial charge in [0.2, 0.25) is 5.91 Å². The monoisotopic (exact) mass is 324 g/mol. The molecule has 1 atom stereocenters. The number of hydrogen-bond acceptors (Lipinski definition) is 6. The van der Waals surface area contributed by atoms with Crippen LogP contribution in [0.15, 0.2) is 18.2 Å². The van der Waals surface area contributed by atoms with Crippen LogP contribution in [0.25, 0.3) is 0 Å². The number of carbonyl (C=O) groups excluding carboxylic acids is 2. The molecule has 116 valence electrons. The molecule has 2 rings (SSSR count). The molecule has 1 unspecified atom stereocenters. The molecule has 0 bridgehead atoms. The fourth-order valence-electron chi connectivity index (χ4n) is 2.26. The molecule has 1 fully saturated rings. The number of benzene rings is 1. The number of amides is 1. The first-order valence-electron chi connectivity index (χ1n) is 6.29. The normalized spacial score (nSPS) is 17.6. The van der Waals surface area contributed by atoms with Crippen molar-refractivity contribution >= 4 is 40.1 Å². The summed E-state index contributed by atoms with van der Waals surface area (Å²) in [6.45, 7) is 1.53. The zero-order valence-electron chi connectivity index (χ0n) is 11.5. The van der Waals surface area contributed by atoms with Crippen molar-refractivity contribution in [3.8, 4) is 0 Å². The lowest BCUT2D eigenvalue weighted by molar-refractivity contribution is -0.384. The maximum atomic E-state index is 12.1. The van der Waals surface area contributed by atoms with E-state index < -0.39 is 10.9 Å². The van der Waals surface area contributed by atoms with E-state index in [0.29, 0.717) is 0 Å². The smallest absolute Gasteiger partial charge is 0.337 e. The number of nitro benzene ring substituents is 1. The van der Waals surface area contributed by atoms with Gasteiger partial charge in [-0.05, 0) is 6.07 Å². The first kappa shape index (κ1) is 16.0. The Morgan fingerprint density at radius 3 is 2.68 bits per heavy atom. The highest BCUT2D eigenvalue weighted by atomic mass is 32.2. The van der Waals surface area contributed by atoms with Gasteiger partial charge < -0.3 is 10.0 Å². The van der Waals surface area contributed by atoms with E-state index in [2.05, 4.69) is 0 Å². The second kappa shape index (κ2) is 6.14. The standard InChI is InChI=1S/C13H12N2O6S/c1-7(16)22-9-5-12(17)14(6-9)11-4-8(15(20)21)2-3-10(11)13(18)19/h2-4,9H,5-6H2,1H3,(H,18,19). The van der Waals surface area contributed by atoms with Gasteiger partial charge in [-0.15, -0.1) is 0 Å². The molecular formula is C13H12N2O6S. The van der Waals surface area contributed by atoms with Gasteiger partial charge in [0.1, 0.15) is 0 Å². The van der Waals surface area contributed by atoms with Crippen LogP contribution >= 0.6 is 11.8 Å². The average Bonchev–Trinajstić information content (AvgIpc) is 2.77. The third kappa shape index (κ3) is 3.25. The van der Waals surface area contributed by atoms with Gasteiger partial charge in [0.25, 0.3) is 5.69 Å². The highest BCUT2D eigenvalue weighted by Crippen LogP contribution is 2.33. The van der Waals surface area contributed by atoms with Crippen molar-refractivity contribution in [3.63, 3.8) is 0 Å². The van der Waals surface area contributed by atoms with Crippen LogP contribution in [0.3, 0.4) is 0 Å². The topological polar surface area (TPSA) is 118 Å². The number of carboxylic acid groups (broad SMARTS) is 1. The molecule has 0 radical (unpaired) electrons. The Kier molecular flexibility index (Phi) is 4.45. The third-order valence-electron chi connectivity index (χ3n) is 3.14. The first-order valence-corrected chi connectivity index (χ1v) is 7.17. The van der Waals surface area contributed by atoms with Crippen LogP contribution in [0.1, 0.15) is 23.7 Å². The number of anilines is 1. The van der Waals surface area contributed by atoms with Crippen LogP contribution < -0.4 is 4.90 Å². The number of hydrogen-bond donors (Lipinski definition) is 1. The van der Waals surface area contributed by atoms with Crippen LogP contribution in [-0.4, -0.2) is 38.8 Å². The number of aromatic carboxylic acids is 1. The Hall–Kier alpha value is -2.42. The van der Waals surface area contributed by atoms with E-state index in [1.165, 1.54) is 11.8 Å². The van der Waals surface area contributed by atoms with Gasteiger partial charge in [-0.3, -0.25) is 19.7 Å². The number of carbonyl (C=O) groups is 3. The number of nitrogens with zero attached hydrogens (tertiary/aromatic N) is 2. The van der Waals surface area contributed by atoms with Gasteiger partial charge in [0, 0.05) is 37.3 Å². The molecule has 1 heterocycles. The second-order valence-corrected chi connectivity index (χ2v) is 6.18. The molecule has 22 heavy (non-hydrogen) atoms. The van der Waals surface area contributed by atoms with Crippen molar-refractivity contribution in [2.45, 2.75) is 18.6 Å². The fraction of sp³-hybridized carbons (Fsp3) is 0.308. The second-order valence-electron chi connectivity index (χ2n) is 4.70. The zero-order valence-corrected chi connectivity index (χ0v) is 12.3. The number of nitro groups is 1. The molecule has 1 N–H and O–H groups in total. The van der Waals surface area contributed by atoms with Crippen LogP contribution in [0.5, 0.6) is 0 Å². The molecule has 0 spiro atoms. The highest BCUT2D eigenvalue weighted by molar-refractivity contribution is 8.14. The van der Waals surface area contributed by atoms with Crippen LogP contribution in [-0.2, 0) is 9.59 Å². The molecule has 8 nitrogen and oxygen atoms in total. The Balaban J connectivity index is 2.39. The van der Waals surface area contributed by atoms with Gasteiger partial charge in [0.15, 0.2) is 5.12 Å². The number of thioether (sulfide) groups is 1. The van der Waals surface area contributed by atoms with Gasteiger partial charge >= 0.3 is 5.97 Å². The van der Waals surface area contributed by atoms with Crippen molar-refractivity contribution in [2.75, 3.05) is 11.4 Å². The predicted molar refractivity (Wildman–Crippen MR) is 79.1 cm³/mol. The van der Waals surface area contributed by atoms with Gasteiger partial charge in [-0.1, -0.05) is 11.8 Å². The van der Waals surface area contributed by atoms with Gasteiger partial charge in [-0.25, -0.2) is 4.79 Å². The fourth-order valence-corrected chi connectivity index (χ4v) is 3.18. The maximum absolute atomic E-state index is 12.1. The summed E-state index contributed by atoms with van der Waals surface area (Å²) in [5, 5.41) is 19.6. The zero-order chi connectivity index (χ0) is 16.4. The van der Waals surface area contributed by atoms with E-state index in [1.807, 2.05) is 0 Å². The molecule has 1 saturated heterocycles. The minimum Gasteiger partial charge on any atom is -0.478 e. The minimum absolute atomic E-state index is 0.0154. The summed E-state index contributed by atoms with van der Waals surface area (Å²) in [5.74, 6) is -1.64. The average molecular weight is 324 g/mol. The van der Waals surface area contributed by atoms with Gasteiger partial charge in [0.05, 0.1) is 16.2 Å². The molecule has 1 aliphatic heterocycles. The Morgan fingerprint density at radius 1 is 1.45 bits per heavy atom.